The van der Waals surface area contributed by atoms with E-state index in [1.54, 1.807) is 12.4 Å². The Morgan fingerprint density at radius 3 is 2.83 bits per heavy atom. The minimum absolute atomic E-state index is 0.806. The molecule has 4 heteroatoms. The van der Waals surface area contributed by atoms with Crippen molar-refractivity contribution in [2.45, 2.75) is 6.42 Å². The molecule has 0 unspecified atom stereocenters. The van der Waals surface area contributed by atoms with Crippen LogP contribution in [0.4, 0.5) is 0 Å². The second kappa shape index (κ2) is 3.94. The van der Waals surface area contributed by atoms with E-state index in [1.807, 2.05) is 12.1 Å². The van der Waals surface area contributed by atoms with E-state index in [-0.39, 0.29) is 0 Å². The standard InChI is InChI=1S/C8H10NO2P/c1-3-8(7-9-4-1)12-10-5-2-6-11-12/h1,3-4,7H,2,5-6H2. The van der Waals surface area contributed by atoms with Gasteiger partial charge in [-0.1, -0.05) is 0 Å². The highest BCUT2D eigenvalue weighted by molar-refractivity contribution is 7.56. The van der Waals surface area contributed by atoms with Crippen LogP contribution in [0, 0.1) is 0 Å². The summed E-state index contributed by atoms with van der Waals surface area (Å²) in [5, 5.41) is 1.06. The lowest BCUT2D eigenvalue weighted by Crippen LogP contribution is -2.13. The van der Waals surface area contributed by atoms with Crippen molar-refractivity contribution >= 4 is 13.7 Å². The van der Waals surface area contributed by atoms with Crippen LogP contribution in [0.15, 0.2) is 24.5 Å². The molecule has 1 fully saturated rings. The average Bonchev–Trinajstić information content (AvgIpc) is 2.21. The van der Waals surface area contributed by atoms with Gasteiger partial charge in [-0.05, 0) is 18.6 Å². The lowest BCUT2D eigenvalue weighted by atomic mass is 10.5. The molecule has 0 saturated carbocycles. The van der Waals surface area contributed by atoms with Crippen molar-refractivity contribution in [1.82, 2.24) is 4.98 Å². The fourth-order valence-electron chi connectivity index (χ4n) is 1.00. The Kier molecular flexibility index (Phi) is 2.67. The Hall–Kier alpha value is -0.500. The normalized spacial score (nSPS) is 19.3. The number of nitrogens with zero attached hydrogens (tertiary/aromatic N) is 1. The van der Waals surface area contributed by atoms with Gasteiger partial charge in [-0.15, -0.1) is 0 Å². The molecule has 0 aliphatic carbocycles. The Labute approximate surface area is 72.6 Å². The van der Waals surface area contributed by atoms with Crippen LogP contribution in [-0.2, 0) is 9.05 Å². The quantitative estimate of drug-likeness (QED) is 0.617. The molecule has 12 heavy (non-hydrogen) atoms. The average molecular weight is 183 g/mol. The topological polar surface area (TPSA) is 31.4 Å². The first-order chi connectivity index (χ1) is 5.97. The molecule has 2 rings (SSSR count). The summed E-state index contributed by atoms with van der Waals surface area (Å²) >= 11 is 0. The van der Waals surface area contributed by atoms with Crippen molar-refractivity contribution in [1.29, 1.82) is 0 Å². The van der Waals surface area contributed by atoms with E-state index in [2.05, 4.69) is 4.98 Å². The van der Waals surface area contributed by atoms with Gasteiger partial charge in [0, 0.05) is 17.7 Å². The van der Waals surface area contributed by atoms with E-state index in [1.165, 1.54) is 0 Å². The van der Waals surface area contributed by atoms with Gasteiger partial charge in [0.25, 0.3) is 0 Å². The molecule has 0 radical (unpaired) electrons. The molecule has 1 aliphatic heterocycles. The molecule has 0 spiro atoms. The maximum Gasteiger partial charge on any atom is 0.206 e. The van der Waals surface area contributed by atoms with Crippen molar-refractivity contribution in [2.75, 3.05) is 13.2 Å². The van der Waals surface area contributed by atoms with Gasteiger partial charge in [-0.3, -0.25) is 4.98 Å². The van der Waals surface area contributed by atoms with Gasteiger partial charge < -0.3 is 9.05 Å². The van der Waals surface area contributed by atoms with Crippen molar-refractivity contribution in [2.24, 2.45) is 0 Å². The minimum atomic E-state index is -0.829. The van der Waals surface area contributed by atoms with Crippen LogP contribution in [0.1, 0.15) is 6.42 Å². The van der Waals surface area contributed by atoms with Crippen molar-refractivity contribution in [3.63, 3.8) is 0 Å². The van der Waals surface area contributed by atoms with Gasteiger partial charge in [0.2, 0.25) is 8.38 Å². The van der Waals surface area contributed by atoms with Crippen LogP contribution in [-0.4, -0.2) is 18.2 Å². The minimum Gasteiger partial charge on any atom is -0.330 e. The summed E-state index contributed by atoms with van der Waals surface area (Å²) in [4.78, 5) is 4.02. The molecule has 0 aromatic carbocycles. The van der Waals surface area contributed by atoms with Crippen LogP contribution >= 0.6 is 8.38 Å². The molecule has 1 saturated heterocycles. The highest BCUT2D eigenvalue weighted by Crippen LogP contribution is 2.39. The largest absolute Gasteiger partial charge is 0.330 e. The SMILES string of the molecule is c1cncc(P2OCCCO2)c1. The Bertz CT molecular complexity index is 236. The Balaban J connectivity index is 2.08. The summed E-state index contributed by atoms with van der Waals surface area (Å²) in [7, 11) is -0.829. The summed E-state index contributed by atoms with van der Waals surface area (Å²) in [6.07, 6.45) is 4.55. The predicted molar refractivity (Wildman–Crippen MR) is 47.3 cm³/mol. The molecule has 2 heterocycles. The molecular formula is C8H10NO2P. The summed E-state index contributed by atoms with van der Waals surface area (Å²) in [5.41, 5.74) is 0. The maximum absolute atomic E-state index is 5.47. The second-order valence-electron chi connectivity index (χ2n) is 2.49. The third-order valence-corrected chi connectivity index (χ3v) is 3.08. The summed E-state index contributed by atoms with van der Waals surface area (Å²) in [6, 6.07) is 3.89. The first-order valence-corrected chi connectivity index (χ1v) is 5.10. The monoisotopic (exact) mass is 183 g/mol. The number of aromatic nitrogens is 1. The van der Waals surface area contributed by atoms with Crippen molar-refractivity contribution in [3.8, 4) is 0 Å². The first kappa shape index (κ1) is 8.11. The van der Waals surface area contributed by atoms with Crippen LogP contribution < -0.4 is 5.30 Å². The van der Waals surface area contributed by atoms with Crippen LogP contribution in [0.5, 0.6) is 0 Å². The van der Waals surface area contributed by atoms with Crippen molar-refractivity contribution in [3.05, 3.63) is 24.5 Å². The smallest absolute Gasteiger partial charge is 0.206 e. The van der Waals surface area contributed by atoms with E-state index in [0.29, 0.717) is 0 Å². The van der Waals surface area contributed by atoms with E-state index in [0.717, 1.165) is 24.9 Å². The van der Waals surface area contributed by atoms with Crippen LogP contribution in [0.2, 0.25) is 0 Å². The number of hydrogen-bond acceptors (Lipinski definition) is 3. The Morgan fingerprint density at radius 2 is 2.17 bits per heavy atom. The molecule has 3 nitrogen and oxygen atoms in total. The highest BCUT2D eigenvalue weighted by Gasteiger charge is 2.17. The molecule has 0 amide bonds. The summed E-state index contributed by atoms with van der Waals surface area (Å²) in [6.45, 7) is 1.61. The lowest BCUT2D eigenvalue weighted by molar-refractivity contribution is 0.188. The maximum atomic E-state index is 5.47. The molecule has 64 valence electrons. The second-order valence-corrected chi connectivity index (χ2v) is 4.04. The zero-order chi connectivity index (χ0) is 8.23. The number of pyridine rings is 1. The zero-order valence-electron chi connectivity index (χ0n) is 6.64. The molecule has 1 aliphatic rings. The molecular weight excluding hydrogens is 173 g/mol. The fraction of sp³-hybridized carbons (Fsp3) is 0.375. The van der Waals surface area contributed by atoms with Gasteiger partial charge in [0.05, 0.1) is 13.2 Å². The number of hydrogen-bond donors (Lipinski definition) is 0. The van der Waals surface area contributed by atoms with Gasteiger partial charge in [0.15, 0.2) is 0 Å². The molecule has 0 N–H and O–H groups in total. The molecule has 1 aromatic heterocycles. The van der Waals surface area contributed by atoms with Gasteiger partial charge in [-0.25, -0.2) is 0 Å². The van der Waals surface area contributed by atoms with E-state index in [4.69, 9.17) is 9.05 Å². The van der Waals surface area contributed by atoms with Crippen LogP contribution in [0.25, 0.3) is 0 Å². The molecule has 0 atom stereocenters. The Morgan fingerprint density at radius 1 is 1.33 bits per heavy atom. The van der Waals surface area contributed by atoms with Gasteiger partial charge in [0.1, 0.15) is 0 Å². The first-order valence-electron chi connectivity index (χ1n) is 3.93. The van der Waals surface area contributed by atoms with E-state index < -0.39 is 8.38 Å². The molecule has 0 bridgehead atoms. The fourth-order valence-corrected chi connectivity index (χ4v) is 2.33. The van der Waals surface area contributed by atoms with Gasteiger partial charge in [-0.2, -0.15) is 0 Å². The van der Waals surface area contributed by atoms with E-state index in [9.17, 15) is 0 Å². The third kappa shape index (κ3) is 1.81. The summed E-state index contributed by atoms with van der Waals surface area (Å²) in [5.74, 6) is 0. The highest BCUT2D eigenvalue weighted by atomic mass is 31.2. The third-order valence-electron chi connectivity index (χ3n) is 1.56. The lowest BCUT2D eigenvalue weighted by Gasteiger charge is -2.21. The van der Waals surface area contributed by atoms with Crippen molar-refractivity contribution < 1.29 is 9.05 Å². The van der Waals surface area contributed by atoms with Gasteiger partial charge >= 0.3 is 0 Å². The van der Waals surface area contributed by atoms with E-state index >= 15 is 0 Å². The molecule has 1 aromatic rings. The van der Waals surface area contributed by atoms with Crippen LogP contribution in [0.3, 0.4) is 0 Å². The summed E-state index contributed by atoms with van der Waals surface area (Å²) < 4.78 is 10.9. The predicted octanol–water partition coefficient (Wildman–Crippen LogP) is 1.46. The zero-order valence-corrected chi connectivity index (χ0v) is 7.54. The number of rotatable bonds is 1.